The Morgan fingerprint density at radius 2 is 1.95 bits per heavy atom. The molecule has 0 saturated heterocycles. The minimum absolute atomic E-state index is 0.0151. The molecule has 0 fully saturated rings. The van der Waals surface area contributed by atoms with Gasteiger partial charge in [-0.2, -0.15) is 0 Å². The van der Waals surface area contributed by atoms with Crippen molar-refractivity contribution in [3.05, 3.63) is 0 Å². The van der Waals surface area contributed by atoms with Crippen molar-refractivity contribution >= 4 is 17.9 Å². The topological polar surface area (TPSA) is 154 Å². The Morgan fingerprint density at radius 1 is 1.37 bits per heavy atom. The van der Waals surface area contributed by atoms with Crippen molar-refractivity contribution in [3.8, 4) is 0 Å². The predicted octanol–water partition coefficient (Wildman–Crippen LogP) is -0.836. The number of aliphatic carboxylic acids is 1. The fourth-order valence-electron chi connectivity index (χ4n) is 1.39. The van der Waals surface area contributed by atoms with Crippen LogP contribution in [0.4, 0.5) is 0 Å². The van der Waals surface area contributed by atoms with Crippen molar-refractivity contribution in [2.24, 2.45) is 22.2 Å². The van der Waals surface area contributed by atoms with E-state index in [0.717, 1.165) is 0 Å². The second kappa shape index (κ2) is 7.57. The minimum atomic E-state index is -1.08. The van der Waals surface area contributed by atoms with Crippen molar-refractivity contribution in [1.29, 1.82) is 0 Å². The lowest BCUT2D eigenvalue weighted by Crippen LogP contribution is -2.39. The van der Waals surface area contributed by atoms with Crippen LogP contribution in [0.5, 0.6) is 0 Å². The van der Waals surface area contributed by atoms with Gasteiger partial charge in [0.1, 0.15) is 11.6 Å². The number of nitrogens with zero attached hydrogens (tertiary/aromatic N) is 1. The molecule has 0 spiro atoms. The maximum atomic E-state index is 11.6. The molecule has 0 saturated carbocycles. The van der Waals surface area contributed by atoms with E-state index in [1.54, 1.807) is 0 Å². The van der Waals surface area contributed by atoms with Gasteiger partial charge in [-0.3, -0.25) is 14.6 Å². The number of hydrogen-bond acceptors (Lipinski definition) is 5. The van der Waals surface area contributed by atoms with Crippen LogP contribution in [0.3, 0.4) is 0 Å². The Bertz CT molecular complexity index is 351. The second-order valence-electron chi connectivity index (χ2n) is 4.81. The third kappa shape index (κ3) is 8.83. The molecule has 0 aromatic heterocycles. The molecule has 110 valence electrons. The molecule has 0 aliphatic carbocycles. The number of carbonyl (C=O) groups is 2. The summed E-state index contributed by atoms with van der Waals surface area (Å²) in [6.45, 7) is 3.41. The highest BCUT2D eigenvalue weighted by atomic mass is 16.6. The average Bonchev–Trinajstić information content (AvgIpc) is 2.20. The lowest BCUT2D eigenvalue weighted by atomic mass is 10.1. The van der Waals surface area contributed by atoms with Crippen molar-refractivity contribution in [2.45, 2.75) is 44.8 Å². The zero-order chi connectivity index (χ0) is 15.1. The van der Waals surface area contributed by atoms with Crippen LogP contribution in [0.15, 0.2) is 4.99 Å². The molecule has 1 atom stereocenters. The van der Waals surface area contributed by atoms with Gasteiger partial charge in [-0.15, -0.1) is 0 Å². The summed E-state index contributed by atoms with van der Waals surface area (Å²) >= 11 is 0. The van der Waals surface area contributed by atoms with Gasteiger partial charge in [0.25, 0.3) is 0 Å². The Hall–Kier alpha value is -1.83. The lowest BCUT2D eigenvalue weighted by molar-refractivity contribution is -0.162. The van der Waals surface area contributed by atoms with E-state index in [1.807, 2.05) is 0 Å². The minimum Gasteiger partial charge on any atom is -0.481 e. The first kappa shape index (κ1) is 17.2. The number of carbonyl (C=O) groups excluding carboxylic acids is 1. The molecule has 0 aromatic carbocycles. The Labute approximate surface area is 112 Å². The summed E-state index contributed by atoms with van der Waals surface area (Å²) in [7, 11) is 0. The molecule has 7 N–H and O–H groups in total. The van der Waals surface area contributed by atoms with Crippen molar-refractivity contribution in [3.63, 3.8) is 0 Å². The molecule has 8 nitrogen and oxygen atoms in total. The van der Waals surface area contributed by atoms with Crippen LogP contribution in [0.2, 0.25) is 0 Å². The smallest absolute Gasteiger partial charge is 0.323 e. The SMILES string of the molecule is CC(C)(CC(=O)O)OC(=O)[C@@H](N)CCCN=C(N)N. The highest BCUT2D eigenvalue weighted by Gasteiger charge is 2.28. The number of aliphatic imine (C=N–C) groups is 1. The van der Waals surface area contributed by atoms with E-state index >= 15 is 0 Å². The molecule has 0 amide bonds. The van der Waals surface area contributed by atoms with Crippen LogP contribution in [0.1, 0.15) is 33.1 Å². The molecular weight excluding hydrogens is 252 g/mol. The molecule has 0 radical (unpaired) electrons. The quantitative estimate of drug-likeness (QED) is 0.195. The lowest BCUT2D eigenvalue weighted by Gasteiger charge is -2.25. The van der Waals surface area contributed by atoms with E-state index in [9.17, 15) is 9.59 Å². The predicted molar refractivity (Wildman–Crippen MR) is 70.3 cm³/mol. The number of nitrogens with two attached hydrogens (primary N) is 3. The van der Waals surface area contributed by atoms with Crippen molar-refractivity contribution in [2.75, 3.05) is 6.54 Å². The number of rotatable bonds is 8. The van der Waals surface area contributed by atoms with Gasteiger partial charge in [-0.1, -0.05) is 0 Å². The largest absolute Gasteiger partial charge is 0.481 e. The van der Waals surface area contributed by atoms with E-state index < -0.39 is 23.6 Å². The zero-order valence-electron chi connectivity index (χ0n) is 11.3. The summed E-state index contributed by atoms with van der Waals surface area (Å²) in [6, 6.07) is -0.817. The molecule has 0 aromatic rings. The summed E-state index contributed by atoms with van der Waals surface area (Å²) in [5, 5.41) is 8.66. The molecule has 8 heteroatoms. The second-order valence-corrected chi connectivity index (χ2v) is 4.81. The van der Waals surface area contributed by atoms with Crippen molar-refractivity contribution in [1.82, 2.24) is 0 Å². The highest BCUT2D eigenvalue weighted by Crippen LogP contribution is 2.15. The molecule has 0 rings (SSSR count). The molecule has 19 heavy (non-hydrogen) atoms. The maximum Gasteiger partial charge on any atom is 0.323 e. The zero-order valence-corrected chi connectivity index (χ0v) is 11.3. The molecule has 0 heterocycles. The standard InChI is InChI=1S/C11H22N4O4/c1-11(2,6-8(16)17)19-9(18)7(12)4-3-5-15-10(13)14/h7H,3-6,12H2,1-2H3,(H,16,17)(H4,13,14,15)/t7-/m0/s1. The summed E-state index contributed by atoms with van der Waals surface area (Å²) in [5.74, 6) is -1.69. The third-order valence-corrected chi connectivity index (χ3v) is 2.22. The van der Waals surface area contributed by atoms with E-state index in [0.29, 0.717) is 19.4 Å². The number of ether oxygens (including phenoxy) is 1. The van der Waals surface area contributed by atoms with E-state index in [1.165, 1.54) is 13.8 Å². The van der Waals surface area contributed by atoms with Crippen LogP contribution in [-0.4, -0.2) is 41.2 Å². The fourth-order valence-corrected chi connectivity index (χ4v) is 1.39. The van der Waals surface area contributed by atoms with Crippen LogP contribution in [0.25, 0.3) is 0 Å². The van der Waals surface area contributed by atoms with Crippen LogP contribution < -0.4 is 17.2 Å². The van der Waals surface area contributed by atoms with Crippen LogP contribution in [-0.2, 0) is 14.3 Å². The fraction of sp³-hybridized carbons (Fsp3) is 0.727. The number of carboxylic acid groups (broad SMARTS) is 1. The normalized spacial score (nSPS) is 12.6. The average molecular weight is 274 g/mol. The van der Waals surface area contributed by atoms with Gasteiger partial charge in [0.15, 0.2) is 5.96 Å². The van der Waals surface area contributed by atoms with E-state index in [-0.39, 0.29) is 12.4 Å². The Morgan fingerprint density at radius 3 is 2.42 bits per heavy atom. The number of guanidine groups is 1. The summed E-state index contributed by atoms with van der Waals surface area (Å²) in [4.78, 5) is 26.0. The molecular formula is C11H22N4O4. The van der Waals surface area contributed by atoms with Gasteiger partial charge < -0.3 is 27.0 Å². The van der Waals surface area contributed by atoms with Crippen LogP contribution >= 0.6 is 0 Å². The monoisotopic (exact) mass is 274 g/mol. The summed E-state index contributed by atoms with van der Waals surface area (Å²) in [6.07, 6.45) is 0.617. The van der Waals surface area contributed by atoms with Gasteiger partial charge >= 0.3 is 11.9 Å². The van der Waals surface area contributed by atoms with Gasteiger partial charge in [0.05, 0.1) is 6.42 Å². The maximum absolute atomic E-state index is 11.6. The highest BCUT2D eigenvalue weighted by molar-refractivity contribution is 5.77. The molecule has 0 unspecified atom stereocenters. The molecule has 0 aliphatic rings. The molecule has 0 aliphatic heterocycles. The van der Waals surface area contributed by atoms with E-state index in [4.69, 9.17) is 27.0 Å². The van der Waals surface area contributed by atoms with Crippen LogP contribution in [0, 0.1) is 0 Å². The van der Waals surface area contributed by atoms with Gasteiger partial charge in [0.2, 0.25) is 0 Å². The Balaban J connectivity index is 4.12. The first-order valence-corrected chi connectivity index (χ1v) is 5.89. The first-order chi connectivity index (χ1) is 8.64. The van der Waals surface area contributed by atoms with E-state index in [2.05, 4.69) is 4.99 Å². The number of esters is 1. The summed E-state index contributed by atoms with van der Waals surface area (Å²) in [5.41, 5.74) is 14.9. The van der Waals surface area contributed by atoms with Crippen molar-refractivity contribution < 1.29 is 19.4 Å². The van der Waals surface area contributed by atoms with Gasteiger partial charge in [-0.05, 0) is 26.7 Å². The third-order valence-electron chi connectivity index (χ3n) is 2.22. The molecule has 0 bridgehead atoms. The first-order valence-electron chi connectivity index (χ1n) is 5.89. The van der Waals surface area contributed by atoms with Gasteiger partial charge in [0, 0.05) is 6.54 Å². The number of hydrogen-bond donors (Lipinski definition) is 4. The Kier molecular flexibility index (Phi) is 6.84. The van der Waals surface area contributed by atoms with Gasteiger partial charge in [-0.25, -0.2) is 0 Å². The number of carboxylic acids is 1. The summed E-state index contributed by atoms with van der Waals surface area (Å²) < 4.78 is 5.06.